The molecule has 0 spiro atoms. The van der Waals surface area contributed by atoms with E-state index in [1.54, 1.807) is 12.1 Å². The summed E-state index contributed by atoms with van der Waals surface area (Å²) in [6, 6.07) is 11.9. The number of nitrogens with zero attached hydrogens (tertiary/aromatic N) is 2. The number of aromatic nitrogens is 3. The van der Waals surface area contributed by atoms with Crippen LogP contribution in [0.2, 0.25) is 0 Å². The van der Waals surface area contributed by atoms with Gasteiger partial charge in [-0.25, -0.2) is 4.98 Å². The van der Waals surface area contributed by atoms with Crippen LogP contribution in [0.15, 0.2) is 42.5 Å². The Hall–Kier alpha value is -2.96. The van der Waals surface area contributed by atoms with Crippen LogP contribution >= 0.6 is 0 Å². The highest BCUT2D eigenvalue weighted by molar-refractivity contribution is 6.04. The summed E-state index contributed by atoms with van der Waals surface area (Å²) in [6.45, 7) is 0.808. The molecule has 1 aromatic carbocycles. The van der Waals surface area contributed by atoms with Crippen molar-refractivity contribution >= 4 is 22.6 Å². The second kappa shape index (κ2) is 6.21. The number of amides is 1. The van der Waals surface area contributed by atoms with Gasteiger partial charge in [-0.3, -0.25) is 9.89 Å². The first-order chi connectivity index (χ1) is 10.7. The Balaban J connectivity index is 1.54. The lowest BCUT2D eigenvalue weighted by atomic mass is 10.2. The van der Waals surface area contributed by atoms with Crippen molar-refractivity contribution in [3.05, 3.63) is 54.1 Å². The van der Waals surface area contributed by atoms with E-state index in [0.717, 1.165) is 10.9 Å². The molecular formula is C15H14FN5O. The number of hydrogen-bond donors (Lipinski definition) is 3. The molecule has 2 aromatic heterocycles. The van der Waals surface area contributed by atoms with Crippen molar-refractivity contribution in [2.24, 2.45) is 0 Å². The minimum absolute atomic E-state index is 0.258. The molecule has 3 N–H and O–H groups in total. The molecule has 0 fully saturated rings. The van der Waals surface area contributed by atoms with E-state index in [-0.39, 0.29) is 5.91 Å². The molecule has 2 heterocycles. The number of pyridine rings is 1. The van der Waals surface area contributed by atoms with Gasteiger partial charge in [0.25, 0.3) is 5.91 Å². The number of anilines is 1. The van der Waals surface area contributed by atoms with Gasteiger partial charge in [-0.05, 0) is 18.2 Å². The standard InChI is InChI=1S/C15H14FN5O/c16-12-6-3-7-13(19-12)17-8-9-18-15(22)14-10-4-1-2-5-11(10)20-21-14/h1-7H,8-9H2,(H,17,19)(H,18,22)(H,20,21). The monoisotopic (exact) mass is 299 g/mol. The van der Waals surface area contributed by atoms with E-state index >= 15 is 0 Å². The Bertz CT molecular complexity index is 801. The Kier molecular flexibility index (Phi) is 3.95. The summed E-state index contributed by atoms with van der Waals surface area (Å²) < 4.78 is 12.9. The molecule has 0 radical (unpaired) electrons. The lowest BCUT2D eigenvalue weighted by Crippen LogP contribution is -2.29. The molecule has 112 valence electrons. The minimum atomic E-state index is -0.544. The molecule has 0 unspecified atom stereocenters. The molecular weight excluding hydrogens is 285 g/mol. The normalized spacial score (nSPS) is 10.6. The second-order valence-corrected chi connectivity index (χ2v) is 4.65. The molecule has 3 aromatic rings. The van der Waals surface area contributed by atoms with Gasteiger partial charge < -0.3 is 10.6 Å². The summed E-state index contributed by atoms with van der Waals surface area (Å²) in [5.41, 5.74) is 1.18. The molecule has 0 aliphatic heterocycles. The molecule has 0 saturated carbocycles. The molecule has 3 rings (SSSR count). The van der Waals surface area contributed by atoms with Crippen molar-refractivity contribution in [1.82, 2.24) is 20.5 Å². The molecule has 0 aliphatic carbocycles. The smallest absolute Gasteiger partial charge is 0.272 e. The molecule has 0 atom stereocenters. The average molecular weight is 299 g/mol. The van der Waals surface area contributed by atoms with Gasteiger partial charge >= 0.3 is 0 Å². The third kappa shape index (κ3) is 3.03. The van der Waals surface area contributed by atoms with Gasteiger partial charge in [0, 0.05) is 18.5 Å². The molecule has 0 bridgehead atoms. The number of H-pyrrole nitrogens is 1. The van der Waals surface area contributed by atoms with Crippen LogP contribution in [-0.2, 0) is 0 Å². The van der Waals surface area contributed by atoms with E-state index in [9.17, 15) is 9.18 Å². The van der Waals surface area contributed by atoms with Gasteiger partial charge in [0.2, 0.25) is 5.95 Å². The lowest BCUT2D eigenvalue weighted by molar-refractivity contribution is 0.0952. The first-order valence-electron chi connectivity index (χ1n) is 6.82. The highest BCUT2D eigenvalue weighted by Gasteiger charge is 2.12. The van der Waals surface area contributed by atoms with E-state index in [1.165, 1.54) is 6.07 Å². The molecule has 0 aliphatic rings. The van der Waals surface area contributed by atoms with Gasteiger partial charge in [-0.1, -0.05) is 24.3 Å². The van der Waals surface area contributed by atoms with E-state index in [2.05, 4.69) is 25.8 Å². The number of rotatable bonds is 5. The van der Waals surface area contributed by atoms with Crippen molar-refractivity contribution in [1.29, 1.82) is 0 Å². The number of aromatic amines is 1. The van der Waals surface area contributed by atoms with E-state index in [1.807, 2.05) is 24.3 Å². The zero-order valence-electron chi connectivity index (χ0n) is 11.6. The van der Waals surface area contributed by atoms with Gasteiger partial charge in [0.05, 0.1) is 5.52 Å². The zero-order chi connectivity index (χ0) is 15.4. The van der Waals surface area contributed by atoms with Crippen LogP contribution in [0.1, 0.15) is 10.5 Å². The van der Waals surface area contributed by atoms with Crippen LogP contribution in [0.4, 0.5) is 10.2 Å². The highest BCUT2D eigenvalue weighted by Crippen LogP contribution is 2.14. The van der Waals surface area contributed by atoms with Crippen LogP contribution in [-0.4, -0.2) is 34.2 Å². The van der Waals surface area contributed by atoms with E-state index < -0.39 is 5.95 Å². The lowest BCUT2D eigenvalue weighted by Gasteiger charge is -2.06. The van der Waals surface area contributed by atoms with Crippen LogP contribution < -0.4 is 10.6 Å². The Morgan fingerprint density at radius 3 is 2.86 bits per heavy atom. The van der Waals surface area contributed by atoms with E-state index in [4.69, 9.17) is 0 Å². The first kappa shape index (κ1) is 14.0. The molecule has 6 nitrogen and oxygen atoms in total. The molecule has 0 saturated heterocycles. The van der Waals surface area contributed by atoms with Crippen molar-refractivity contribution in [3.8, 4) is 0 Å². The summed E-state index contributed by atoms with van der Waals surface area (Å²) in [7, 11) is 0. The number of benzene rings is 1. The predicted octanol–water partition coefficient (Wildman–Crippen LogP) is 1.94. The van der Waals surface area contributed by atoms with Crippen LogP contribution in [0.5, 0.6) is 0 Å². The van der Waals surface area contributed by atoms with Crippen molar-refractivity contribution in [3.63, 3.8) is 0 Å². The Labute approximate surface area is 125 Å². The third-order valence-corrected chi connectivity index (χ3v) is 3.12. The summed E-state index contributed by atoms with van der Waals surface area (Å²) in [6.07, 6.45) is 0. The van der Waals surface area contributed by atoms with Gasteiger partial charge in [0.1, 0.15) is 5.82 Å². The molecule has 1 amide bonds. The predicted molar refractivity (Wildman–Crippen MR) is 81.1 cm³/mol. The number of hydrogen-bond acceptors (Lipinski definition) is 4. The maximum Gasteiger partial charge on any atom is 0.272 e. The highest BCUT2D eigenvalue weighted by atomic mass is 19.1. The van der Waals surface area contributed by atoms with Crippen molar-refractivity contribution in [2.45, 2.75) is 0 Å². The molecule has 22 heavy (non-hydrogen) atoms. The number of carbonyl (C=O) groups excluding carboxylic acids is 1. The second-order valence-electron chi connectivity index (χ2n) is 4.65. The van der Waals surface area contributed by atoms with Gasteiger partial charge in [-0.2, -0.15) is 9.49 Å². The SMILES string of the molecule is O=C(NCCNc1cccc(F)n1)c1n[nH]c2ccccc12. The average Bonchev–Trinajstić information content (AvgIpc) is 2.95. The Morgan fingerprint density at radius 2 is 2.00 bits per heavy atom. The van der Waals surface area contributed by atoms with E-state index in [0.29, 0.717) is 24.6 Å². The van der Waals surface area contributed by atoms with Crippen LogP contribution in [0.3, 0.4) is 0 Å². The summed E-state index contributed by atoms with van der Waals surface area (Å²) in [4.78, 5) is 15.8. The largest absolute Gasteiger partial charge is 0.368 e. The minimum Gasteiger partial charge on any atom is -0.368 e. The maximum atomic E-state index is 12.9. The summed E-state index contributed by atoms with van der Waals surface area (Å²) >= 11 is 0. The van der Waals surface area contributed by atoms with Crippen LogP contribution in [0.25, 0.3) is 10.9 Å². The Morgan fingerprint density at radius 1 is 1.14 bits per heavy atom. The first-order valence-corrected chi connectivity index (χ1v) is 6.82. The number of para-hydroxylation sites is 1. The number of nitrogens with one attached hydrogen (secondary N) is 3. The van der Waals surface area contributed by atoms with Crippen LogP contribution in [0, 0.1) is 5.95 Å². The summed E-state index contributed by atoms with van der Waals surface area (Å²) in [5.74, 6) is -0.372. The maximum absolute atomic E-state index is 12.9. The van der Waals surface area contributed by atoms with Gasteiger partial charge in [0.15, 0.2) is 5.69 Å². The zero-order valence-corrected chi connectivity index (χ0v) is 11.6. The fourth-order valence-electron chi connectivity index (χ4n) is 2.09. The summed E-state index contributed by atoms with van der Waals surface area (Å²) in [5, 5.41) is 13.3. The molecule has 7 heteroatoms. The van der Waals surface area contributed by atoms with Crippen molar-refractivity contribution < 1.29 is 9.18 Å². The van der Waals surface area contributed by atoms with Gasteiger partial charge in [-0.15, -0.1) is 0 Å². The number of carbonyl (C=O) groups is 1. The van der Waals surface area contributed by atoms with Crippen molar-refractivity contribution in [2.75, 3.05) is 18.4 Å². The number of fused-ring (bicyclic) bond motifs is 1. The third-order valence-electron chi connectivity index (χ3n) is 3.12. The quantitative estimate of drug-likeness (QED) is 0.496. The number of halogens is 1. The fourth-order valence-corrected chi connectivity index (χ4v) is 2.09. The topological polar surface area (TPSA) is 82.7 Å². The fraction of sp³-hybridized carbons (Fsp3) is 0.133.